The van der Waals surface area contributed by atoms with E-state index in [1.54, 1.807) is 41.0 Å². The third-order valence-electron chi connectivity index (χ3n) is 8.46. The Balaban J connectivity index is 1.45. The van der Waals surface area contributed by atoms with Gasteiger partial charge in [-0.3, -0.25) is 29.1 Å². The molecule has 1 aromatic heterocycles. The second kappa shape index (κ2) is 8.43. The smallest absolute Gasteiger partial charge is 0.266 e. The molecule has 0 radical (unpaired) electrons. The van der Waals surface area contributed by atoms with Crippen LogP contribution in [0.3, 0.4) is 0 Å². The summed E-state index contributed by atoms with van der Waals surface area (Å²) in [5, 5.41) is 6.90. The SMILES string of the molecule is CC(=O)Nc1ccc(N2C(=O)[C@H]3C(C(C)C)NC4(c5ccccc5-n5c4nc4ccccc4c5=O)[C@H]3C2=O)cc1. The van der Waals surface area contributed by atoms with Gasteiger partial charge in [0, 0.05) is 24.2 Å². The maximum atomic E-state index is 14.4. The van der Waals surface area contributed by atoms with Crippen molar-refractivity contribution in [3.05, 3.63) is 94.5 Å². The first kappa shape index (κ1) is 24.4. The third-order valence-corrected chi connectivity index (χ3v) is 8.46. The Morgan fingerprint density at radius 3 is 2.38 bits per heavy atom. The molecule has 40 heavy (non-hydrogen) atoms. The number of carbonyl (C=O) groups is 3. The Kier molecular flexibility index (Phi) is 5.15. The van der Waals surface area contributed by atoms with Gasteiger partial charge in [0.2, 0.25) is 17.7 Å². The van der Waals surface area contributed by atoms with E-state index in [1.165, 1.54) is 11.8 Å². The lowest BCUT2D eigenvalue weighted by atomic mass is 9.75. The molecule has 9 nitrogen and oxygen atoms in total. The predicted octanol–water partition coefficient (Wildman–Crippen LogP) is 3.33. The number of amides is 3. The van der Waals surface area contributed by atoms with Gasteiger partial charge in [0.15, 0.2) is 0 Å². The summed E-state index contributed by atoms with van der Waals surface area (Å²) in [7, 11) is 0. The van der Waals surface area contributed by atoms with Crippen LogP contribution in [-0.2, 0) is 19.9 Å². The summed E-state index contributed by atoms with van der Waals surface area (Å²) < 4.78 is 1.60. The van der Waals surface area contributed by atoms with Crippen LogP contribution < -0.4 is 21.1 Å². The molecule has 4 heterocycles. The molecular formula is C31H27N5O4. The zero-order valence-electron chi connectivity index (χ0n) is 22.2. The topological polar surface area (TPSA) is 113 Å². The summed E-state index contributed by atoms with van der Waals surface area (Å²) in [6.45, 7) is 5.47. The fraction of sp³-hybridized carbons (Fsp3) is 0.258. The van der Waals surface area contributed by atoms with Crippen LogP contribution in [0.4, 0.5) is 11.4 Å². The molecule has 3 aromatic carbocycles. The highest BCUT2D eigenvalue weighted by Crippen LogP contribution is 2.56. The molecule has 1 spiro atoms. The van der Waals surface area contributed by atoms with Crippen molar-refractivity contribution in [3.63, 3.8) is 0 Å². The van der Waals surface area contributed by atoms with Crippen molar-refractivity contribution in [2.45, 2.75) is 32.4 Å². The first-order valence-corrected chi connectivity index (χ1v) is 13.4. The molecular weight excluding hydrogens is 506 g/mol. The van der Waals surface area contributed by atoms with Crippen LogP contribution in [0.1, 0.15) is 32.2 Å². The highest BCUT2D eigenvalue weighted by atomic mass is 16.2. The van der Waals surface area contributed by atoms with Crippen LogP contribution in [0.25, 0.3) is 16.6 Å². The van der Waals surface area contributed by atoms with E-state index < -0.39 is 17.4 Å². The lowest BCUT2D eigenvalue weighted by Gasteiger charge is -2.32. The van der Waals surface area contributed by atoms with Gasteiger partial charge in [-0.05, 0) is 48.4 Å². The van der Waals surface area contributed by atoms with Gasteiger partial charge in [0.1, 0.15) is 11.4 Å². The summed E-state index contributed by atoms with van der Waals surface area (Å²) in [5.74, 6) is -1.88. The molecule has 2 N–H and O–H groups in total. The standard InChI is InChI=1S/C31H27N5O4/c1-16(2)26-24-25(29(40)35(28(24)39)19-14-12-18(13-15-19)32-17(3)37)31(34-26)21-9-5-7-11-23(21)36-27(38)20-8-4-6-10-22(20)33-30(31)36/h4-16,24-26,34H,1-3H3,(H,32,37)/t24-,25-,26?,31?/m1/s1. The zero-order valence-corrected chi connectivity index (χ0v) is 22.2. The van der Waals surface area contributed by atoms with E-state index >= 15 is 0 Å². The number of fused-ring (bicyclic) bond motifs is 8. The van der Waals surface area contributed by atoms with Gasteiger partial charge in [0.05, 0.1) is 34.1 Å². The Morgan fingerprint density at radius 1 is 0.950 bits per heavy atom. The van der Waals surface area contributed by atoms with Gasteiger partial charge in [-0.2, -0.15) is 0 Å². The molecule has 200 valence electrons. The summed E-state index contributed by atoms with van der Waals surface area (Å²) in [5.41, 5.74) is 1.59. The Morgan fingerprint density at radius 2 is 1.65 bits per heavy atom. The molecule has 4 atom stereocenters. The molecule has 2 fully saturated rings. The van der Waals surface area contributed by atoms with Gasteiger partial charge >= 0.3 is 0 Å². The summed E-state index contributed by atoms with van der Waals surface area (Å²) in [6.07, 6.45) is 0. The Bertz CT molecular complexity index is 1810. The van der Waals surface area contributed by atoms with Gasteiger partial charge in [0.25, 0.3) is 5.56 Å². The van der Waals surface area contributed by atoms with Crippen LogP contribution in [0, 0.1) is 17.8 Å². The largest absolute Gasteiger partial charge is 0.326 e. The molecule has 4 aromatic rings. The minimum absolute atomic E-state index is 0.0131. The molecule has 2 unspecified atom stereocenters. The van der Waals surface area contributed by atoms with Crippen molar-refractivity contribution in [2.75, 3.05) is 10.2 Å². The van der Waals surface area contributed by atoms with Crippen LogP contribution in [0.5, 0.6) is 0 Å². The van der Waals surface area contributed by atoms with Crippen molar-refractivity contribution in [2.24, 2.45) is 17.8 Å². The first-order chi connectivity index (χ1) is 19.2. The number of aromatic nitrogens is 2. The molecule has 9 heteroatoms. The fourth-order valence-corrected chi connectivity index (χ4v) is 6.88. The highest BCUT2D eigenvalue weighted by Gasteiger charge is 2.70. The minimum atomic E-state index is -1.17. The van der Waals surface area contributed by atoms with Crippen molar-refractivity contribution < 1.29 is 14.4 Å². The number of benzene rings is 3. The van der Waals surface area contributed by atoms with Crippen LogP contribution in [-0.4, -0.2) is 33.3 Å². The van der Waals surface area contributed by atoms with Crippen LogP contribution in [0.15, 0.2) is 77.6 Å². The van der Waals surface area contributed by atoms with E-state index in [1.807, 2.05) is 50.2 Å². The number of para-hydroxylation sites is 2. The molecule has 7 rings (SSSR count). The third kappa shape index (κ3) is 3.09. The van der Waals surface area contributed by atoms with E-state index in [-0.39, 0.29) is 35.2 Å². The van der Waals surface area contributed by atoms with Gasteiger partial charge < -0.3 is 5.32 Å². The first-order valence-electron chi connectivity index (χ1n) is 13.4. The maximum Gasteiger partial charge on any atom is 0.266 e. The number of hydrogen-bond donors (Lipinski definition) is 2. The van der Waals surface area contributed by atoms with Gasteiger partial charge in [-0.25, -0.2) is 9.88 Å². The number of hydrogen-bond acceptors (Lipinski definition) is 6. The van der Waals surface area contributed by atoms with E-state index in [0.717, 1.165) is 5.56 Å². The molecule has 0 bridgehead atoms. The zero-order chi connectivity index (χ0) is 27.9. The van der Waals surface area contributed by atoms with E-state index in [4.69, 9.17) is 4.98 Å². The van der Waals surface area contributed by atoms with Crippen molar-refractivity contribution in [1.29, 1.82) is 0 Å². The molecule has 3 aliphatic heterocycles. The number of carbonyl (C=O) groups excluding carboxylic acids is 3. The summed E-state index contributed by atoms with van der Waals surface area (Å²) >= 11 is 0. The molecule has 0 saturated carbocycles. The average Bonchev–Trinajstić information content (AvgIpc) is 3.53. The molecule has 3 amide bonds. The van der Waals surface area contributed by atoms with Gasteiger partial charge in [-0.15, -0.1) is 0 Å². The number of rotatable bonds is 3. The normalized spacial score (nSPS) is 24.6. The predicted molar refractivity (Wildman–Crippen MR) is 150 cm³/mol. The van der Waals surface area contributed by atoms with Gasteiger partial charge in [-0.1, -0.05) is 44.2 Å². The Labute approximate surface area is 229 Å². The molecule has 3 aliphatic rings. The average molecular weight is 534 g/mol. The highest BCUT2D eigenvalue weighted by molar-refractivity contribution is 6.23. The molecule has 0 aliphatic carbocycles. The van der Waals surface area contributed by atoms with E-state index in [0.29, 0.717) is 33.8 Å². The monoisotopic (exact) mass is 533 g/mol. The maximum absolute atomic E-state index is 14.4. The van der Waals surface area contributed by atoms with Crippen molar-refractivity contribution in [1.82, 2.24) is 14.9 Å². The molecule has 2 saturated heterocycles. The number of nitrogens with zero attached hydrogens (tertiary/aromatic N) is 3. The number of anilines is 2. The lowest BCUT2D eigenvalue weighted by molar-refractivity contribution is -0.123. The number of nitrogens with one attached hydrogen (secondary N) is 2. The van der Waals surface area contributed by atoms with Crippen LogP contribution in [0.2, 0.25) is 0 Å². The van der Waals surface area contributed by atoms with E-state index in [9.17, 15) is 19.2 Å². The van der Waals surface area contributed by atoms with Crippen molar-refractivity contribution in [3.8, 4) is 5.69 Å². The number of imide groups is 1. The summed E-state index contributed by atoms with van der Waals surface area (Å²) in [6, 6.07) is 21.1. The quantitative estimate of drug-likeness (QED) is 0.391. The fourth-order valence-electron chi connectivity index (χ4n) is 6.88. The Hall–Kier alpha value is -4.63. The van der Waals surface area contributed by atoms with E-state index in [2.05, 4.69) is 10.6 Å². The minimum Gasteiger partial charge on any atom is -0.326 e. The summed E-state index contributed by atoms with van der Waals surface area (Å²) in [4.78, 5) is 60.2. The van der Waals surface area contributed by atoms with Crippen LogP contribution >= 0.6 is 0 Å². The lowest BCUT2D eigenvalue weighted by Crippen LogP contribution is -2.51. The second-order valence-electron chi connectivity index (χ2n) is 11.1. The van der Waals surface area contributed by atoms with Crippen molar-refractivity contribution >= 4 is 40.0 Å². The second-order valence-corrected chi connectivity index (χ2v) is 11.1.